The van der Waals surface area contributed by atoms with Gasteiger partial charge in [-0.05, 0) is 56.0 Å². The van der Waals surface area contributed by atoms with Gasteiger partial charge in [0.1, 0.15) is 0 Å². The lowest BCUT2D eigenvalue weighted by molar-refractivity contribution is 0.102. The van der Waals surface area contributed by atoms with Crippen molar-refractivity contribution in [1.29, 1.82) is 0 Å². The van der Waals surface area contributed by atoms with Gasteiger partial charge in [-0.15, -0.1) is 0 Å². The largest absolute Gasteiger partial charge is 0.490 e. The molecule has 2 aromatic rings. The summed E-state index contributed by atoms with van der Waals surface area (Å²) in [6.45, 7) is 3.01. The van der Waals surface area contributed by atoms with Gasteiger partial charge in [0, 0.05) is 29.8 Å². The molecule has 0 spiro atoms. The molecule has 1 amide bonds. The maximum atomic E-state index is 12.7. The van der Waals surface area contributed by atoms with E-state index in [0.29, 0.717) is 36.3 Å². The van der Waals surface area contributed by atoms with Crippen LogP contribution in [0.5, 0.6) is 11.5 Å². The van der Waals surface area contributed by atoms with E-state index < -0.39 is 15.9 Å². The molecule has 1 saturated carbocycles. The Kier molecular flexibility index (Phi) is 5.47. The zero-order chi connectivity index (χ0) is 20.4. The van der Waals surface area contributed by atoms with Crippen LogP contribution in [0.4, 0.5) is 5.69 Å². The SMILES string of the molecule is CC(NS(=O)(=O)c1cccc(C(=O)Nc2ccc3c(c2)OCCCO3)c1)C1CC1. The van der Waals surface area contributed by atoms with Gasteiger partial charge in [0.25, 0.3) is 5.91 Å². The van der Waals surface area contributed by atoms with Crippen molar-refractivity contribution in [2.75, 3.05) is 18.5 Å². The molecule has 1 atom stereocenters. The van der Waals surface area contributed by atoms with Crippen molar-refractivity contribution in [2.24, 2.45) is 5.92 Å². The Labute approximate surface area is 170 Å². The van der Waals surface area contributed by atoms with Crippen LogP contribution in [0.25, 0.3) is 0 Å². The van der Waals surface area contributed by atoms with Crippen molar-refractivity contribution >= 4 is 21.6 Å². The Bertz CT molecular complexity index is 1020. The highest BCUT2D eigenvalue weighted by Crippen LogP contribution is 2.33. The minimum Gasteiger partial charge on any atom is -0.490 e. The van der Waals surface area contributed by atoms with E-state index >= 15 is 0 Å². The average Bonchev–Trinajstić information content (AvgIpc) is 3.55. The number of fused-ring (bicyclic) bond motifs is 1. The standard InChI is InChI=1S/C21H24N2O5S/c1-14(15-6-7-15)23-29(25,26)18-5-2-4-16(12-18)21(24)22-17-8-9-19-20(13-17)28-11-3-10-27-19/h2,4-5,8-9,12-15,23H,3,6-7,10-11H2,1H3,(H,22,24). The maximum Gasteiger partial charge on any atom is 0.255 e. The van der Waals surface area contributed by atoms with Crippen molar-refractivity contribution in [3.05, 3.63) is 48.0 Å². The average molecular weight is 416 g/mol. The summed E-state index contributed by atoms with van der Waals surface area (Å²) in [6.07, 6.45) is 2.88. The topological polar surface area (TPSA) is 93.7 Å². The molecular formula is C21H24N2O5S. The number of carbonyl (C=O) groups excluding carboxylic acids is 1. The highest BCUT2D eigenvalue weighted by Gasteiger charge is 2.31. The normalized spacial score (nSPS) is 17.3. The van der Waals surface area contributed by atoms with Gasteiger partial charge in [0.2, 0.25) is 10.0 Å². The van der Waals surface area contributed by atoms with E-state index in [0.717, 1.165) is 19.3 Å². The summed E-state index contributed by atoms with van der Waals surface area (Å²) < 4.78 is 39.2. The molecule has 2 aliphatic rings. The van der Waals surface area contributed by atoms with Crippen LogP contribution in [0, 0.1) is 5.92 Å². The predicted molar refractivity (Wildman–Crippen MR) is 109 cm³/mol. The van der Waals surface area contributed by atoms with E-state index in [1.165, 1.54) is 12.1 Å². The Hall–Kier alpha value is -2.58. The Balaban J connectivity index is 1.49. The number of sulfonamides is 1. The quantitative estimate of drug-likeness (QED) is 0.754. The van der Waals surface area contributed by atoms with Crippen LogP contribution in [0.1, 0.15) is 36.5 Å². The smallest absolute Gasteiger partial charge is 0.255 e. The van der Waals surface area contributed by atoms with Gasteiger partial charge in [-0.3, -0.25) is 4.79 Å². The molecule has 2 N–H and O–H groups in total. The number of anilines is 1. The van der Waals surface area contributed by atoms with E-state index in [9.17, 15) is 13.2 Å². The third-order valence-corrected chi connectivity index (χ3v) is 6.64. The minimum atomic E-state index is -3.68. The van der Waals surface area contributed by atoms with Gasteiger partial charge in [-0.2, -0.15) is 0 Å². The third kappa shape index (κ3) is 4.71. The van der Waals surface area contributed by atoms with Gasteiger partial charge in [-0.25, -0.2) is 13.1 Å². The summed E-state index contributed by atoms with van der Waals surface area (Å²) >= 11 is 0. The Morgan fingerprint density at radius 1 is 1.07 bits per heavy atom. The highest BCUT2D eigenvalue weighted by molar-refractivity contribution is 7.89. The second kappa shape index (κ2) is 8.04. The van der Waals surface area contributed by atoms with Crippen LogP contribution in [-0.2, 0) is 10.0 Å². The van der Waals surface area contributed by atoms with Crippen molar-refractivity contribution in [1.82, 2.24) is 4.72 Å². The van der Waals surface area contributed by atoms with Gasteiger partial charge < -0.3 is 14.8 Å². The zero-order valence-electron chi connectivity index (χ0n) is 16.2. The van der Waals surface area contributed by atoms with Crippen LogP contribution in [-0.4, -0.2) is 33.6 Å². The molecular weight excluding hydrogens is 392 g/mol. The van der Waals surface area contributed by atoms with Gasteiger partial charge in [-0.1, -0.05) is 6.07 Å². The van der Waals surface area contributed by atoms with Crippen LogP contribution in [0.3, 0.4) is 0 Å². The predicted octanol–water partition coefficient (Wildman–Crippen LogP) is 3.18. The van der Waals surface area contributed by atoms with Crippen molar-refractivity contribution in [3.8, 4) is 11.5 Å². The fraction of sp³-hybridized carbons (Fsp3) is 0.381. The minimum absolute atomic E-state index is 0.0799. The molecule has 0 saturated heterocycles. The number of hydrogen-bond acceptors (Lipinski definition) is 5. The van der Waals surface area contributed by atoms with Crippen LogP contribution in [0.15, 0.2) is 47.4 Å². The summed E-state index contributed by atoms with van der Waals surface area (Å²) in [5.41, 5.74) is 0.812. The summed E-state index contributed by atoms with van der Waals surface area (Å²) in [4.78, 5) is 12.8. The lowest BCUT2D eigenvalue weighted by atomic mass is 10.2. The number of amides is 1. The van der Waals surface area contributed by atoms with E-state index in [1.54, 1.807) is 30.3 Å². The first-order valence-electron chi connectivity index (χ1n) is 9.76. The van der Waals surface area contributed by atoms with Crippen molar-refractivity contribution in [3.63, 3.8) is 0 Å². The van der Waals surface area contributed by atoms with Gasteiger partial charge >= 0.3 is 0 Å². The molecule has 1 heterocycles. The Morgan fingerprint density at radius 3 is 2.59 bits per heavy atom. The molecule has 0 bridgehead atoms. The molecule has 2 aromatic carbocycles. The molecule has 7 nitrogen and oxygen atoms in total. The second-order valence-electron chi connectivity index (χ2n) is 7.44. The summed E-state index contributed by atoms with van der Waals surface area (Å²) in [5, 5.41) is 2.79. The van der Waals surface area contributed by atoms with Gasteiger partial charge in [0.15, 0.2) is 11.5 Å². The number of rotatable bonds is 6. The number of carbonyl (C=O) groups is 1. The summed E-state index contributed by atoms with van der Waals surface area (Å²) in [7, 11) is -3.68. The number of hydrogen-bond donors (Lipinski definition) is 2. The molecule has 0 aromatic heterocycles. The Morgan fingerprint density at radius 2 is 1.83 bits per heavy atom. The molecule has 0 radical (unpaired) electrons. The summed E-state index contributed by atoms with van der Waals surface area (Å²) in [5.74, 6) is 1.22. The van der Waals surface area contributed by atoms with E-state index in [4.69, 9.17) is 9.47 Å². The van der Waals surface area contributed by atoms with Crippen LogP contribution >= 0.6 is 0 Å². The lowest BCUT2D eigenvalue weighted by Crippen LogP contribution is -2.34. The molecule has 1 fully saturated rings. The zero-order valence-corrected chi connectivity index (χ0v) is 17.0. The monoisotopic (exact) mass is 416 g/mol. The van der Waals surface area contributed by atoms with E-state index in [2.05, 4.69) is 10.0 Å². The van der Waals surface area contributed by atoms with E-state index in [-0.39, 0.29) is 16.5 Å². The number of nitrogens with one attached hydrogen (secondary N) is 2. The number of ether oxygens (including phenoxy) is 2. The lowest BCUT2D eigenvalue weighted by Gasteiger charge is -2.14. The van der Waals surface area contributed by atoms with Crippen molar-refractivity contribution < 1.29 is 22.7 Å². The fourth-order valence-corrected chi connectivity index (χ4v) is 4.61. The second-order valence-corrected chi connectivity index (χ2v) is 9.16. The third-order valence-electron chi connectivity index (χ3n) is 5.08. The van der Waals surface area contributed by atoms with E-state index in [1.807, 2.05) is 6.92 Å². The highest BCUT2D eigenvalue weighted by atomic mass is 32.2. The molecule has 154 valence electrons. The first-order valence-corrected chi connectivity index (χ1v) is 11.2. The fourth-order valence-electron chi connectivity index (χ4n) is 3.25. The molecule has 8 heteroatoms. The summed E-state index contributed by atoms with van der Waals surface area (Å²) in [6, 6.07) is 11.1. The maximum absolute atomic E-state index is 12.7. The number of benzene rings is 2. The molecule has 1 aliphatic heterocycles. The molecule has 1 unspecified atom stereocenters. The first kappa shape index (κ1) is 19.7. The first-order chi connectivity index (χ1) is 13.9. The molecule has 29 heavy (non-hydrogen) atoms. The molecule has 1 aliphatic carbocycles. The molecule has 4 rings (SSSR count). The van der Waals surface area contributed by atoms with Crippen LogP contribution < -0.4 is 19.5 Å². The van der Waals surface area contributed by atoms with Crippen molar-refractivity contribution in [2.45, 2.75) is 37.1 Å². The van der Waals surface area contributed by atoms with Gasteiger partial charge in [0.05, 0.1) is 18.1 Å². The van der Waals surface area contributed by atoms with Crippen LogP contribution in [0.2, 0.25) is 0 Å².